The number of likely N-dealkylation sites (tertiary alicyclic amines) is 1. The van der Waals surface area contributed by atoms with Crippen LogP contribution in [0.4, 0.5) is 10.5 Å². The average molecular weight is 372 g/mol. The number of anilines is 1. The van der Waals surface area contributed by atoms with Crippen molar-refractivity contribution in [3.63, 3.8) is 0 Å². The molecule has 1 atom stereocenters. The molecule has 1 aromatic heterocycles. The molecule has 27 heavy (non-hydrogen) atoms. The first-order valence-corrected chi connectivity index (χ1v) is 9.23. The standard InChI is InChI=1S/C19H24N4O4/c1-12-2-3-14-15(10-12)27-17(18(20)24)16(14)21-19(25)23-5-4-13(11-23)22-6-8-26-9-7-22/h2-3,10,13H,4-9,11H2,1H3,(H2,20,24)(H,21,25)/t13-/m1/s1. The number of hydrogen-bond donors (Lipinski definition) is 2. The number of rotatable bonds is 3. The van der Waals surface area contributed by atoms with Crippen molar-refractivity contribution >= 4 is 28.6 Å². The molecule has 3 heterocycles. The van der Waals surface area contributed by atoms with Crippen molar-refractivity contribution in [3.8, 4) is 0 Å². The molecular weight excluding hydrogens is 348 g/mol. The summed E-state index contributed by atoms with van der Waals surface area (Å²) in [5.74, 6) is -0.723. The van der Waals surface area contributed by atoms with E-state index in [-0.39, 0.29) is 11.8 Å². The third-order valence-electron chi connectivity index (χ3n) is 5.31. The van der Waals surface area contributed by atoms with Gasteiger partial charge in [-0.3, -0.25) is 9.69 Å². The number of nitrogens with two attached hydrogens (primary N) is 1. The molecule has 0 aliphatic carbocycles. The van der Waals surface area contributed by atoms with Gasteiger partial charge in [-0.25, -0.2) is 4.79 Å². The molecule has 8 nitrogen and oxygen atoms in total. The van der Waals surface area contributed by atoms with Crippen LogP contribution < -0.4 is 11.1 Å². The molecule has 1 aromatic carbocycles. The summed E-state index contributed by atoms with van der Waals surface area (Å²) in [5.41, 5.74) is 7.33. The van der Waals surface area contributed by atoms with Crippen molar-refractivity contribution in [1.82, 2.24) is 9.80 Å². The second-order valence-electron chi connectivity index (χ2n) is 7.14. The average Bonchev–Trinajstić information content (AvgIpc) is 3.28. The van der Waals surface area contributed by atoms with E-state index in [4.69, 9.17) is 14.9 Å². The Labute approximate surface area is 157 Å². The van der Waals surface area contributed by atoms with Crippen LogP contribution >= 0.6 is 0 Å². The second-order valence-corrected chi connectivity index (χ2v) is 7.14. The highest BCUT2D eigenvalue weighted by Crippen LogP contribution is 2.32. The Morgan fingerprint density at radius 1 is 1.22 bits per heavy atom. The van der Waals surface area contributed by atoms with Crippen molar-refractivity contribution in [1.29, 1.82) is 0 Å². The maximum atomic E-state index is 12.8. The molecule has 0 spiro atoms. The molecule has 0 saturated carbocycles. The fourth-order valence-electron chi connectivity index (χ4n) is 3.85. The van der Waals surface area contributed by atoms with Crippen molar-refractivity contribution in [2.75, 3.05) is 44.7 Å². The van der Waals surface area contributed by atoms with E-state index in [1.807, 2.05) is 25.1 Å². The Kier molecular flexibility index (Phi) is 4.75. The van der Waals surface area contributed by atoms with Crippen LogP contribution in [-0.2, 0) is 4.74 Å². The number of aryl methyl sites for hydroxylation is 1. The number of nitrogens with zero attached hydrogens (tertiary/aromatic N) is 2. The normalized spacial score (nSPS) is 20.9. The maximum absolute atomic E-state index is 12.8. The molecule has 2 fully saturated rings. The molecule has 0 bridgehead atoms. The lowest BCUT2D eigenvalue weighted by Gasteiger charge is -2.32. The summed E-state index contributed by atoms with van der Waals surface area (Å²) in [5, 5.41) is 3.52. The van der Waals surface area contributed by atoms with Crippen LogP contribution in [0.2, 0.25) is 0 Å². The minimum Gasteiger partial charge on any atom is -0.449 e. The number of nitrogens with one attached hydrogen (secondary N) is 1. The van der Waals surface area contributed by atoms with E-state index in [1.54, 1.807) is 4.90 Å². The van der Waals surface area contributed by atoms with Gasteiger partial charge in [-0.15, -0.1) is 0 Å². The number of fused-ring (bicyclic) bond motifs is 1. The maximum Gasteiger partial charge on any atom is 0.322 e. The molecule has 0 unspecified atom stereocenters. The van der Waals surface area contributed by atoms with E-state index in [2.05, 4.69) is 10.2 Å². The highest BCUT2D eigenvalue weighted by atomic mass is 16.5. The number of primary amides is 1. The topological polar surface area (TPSA) is 101 Å². The minimum absolute atomic E-state index is 0.0205. The van der Waals surface area contributed by atoms with E-state index in [9.17, 15) is 9.59 Å². The summed E-state index contributed by atoms with van der Waals surface area (Å²) in [6.07, 6.45) is 0.932. The summed E-state index contributed by atoms with van der Waals surface area (Å²) in [7, 11) is 0. The van der Waals surface area contributed by atoms with Gasteiger partial charge in [0.2, 0.25) is 5.76 Å². The molecule has 2 aliphatic rings. The Hall–Kier alpha value is -2.58. The summed E-state index contributed by atoms with van der Waals surface area (Å²) in [6, 6.07) is 5.66. The van der Waals surface area contributed by atoms with Gasteiger partial charge >= 0.3 is 6.03 Å². The number of hydrogen-bond acceptors (Lipinski definition) is 5. The van der Waals surface area contributed by atoms with Gasteiger partial charge in [0.15, 0.2) is 0 Å². The molecule has 2 aliphatic heterocycles. The van der Waals surface area contributed by atoms with Crippen LogP contribution in [-0.4, -0.2) is 67.2 Å². The van der Waals surface area contributed by atoms with Gasteiger partial charge in [-0.2, -0.15) is 0 Å². The third kappa shape index (κ3) is 3.50. The van der Waals surface area contributed by atoms with Gasteiger partial charge in [-0.05, 0) is 31.0 Å². The summed E-state index contributed by atoms with van der Waals surface area (Å²) in [6.45, 7) is 6.55. The number of amides is 3. The van der Waals surface area contributed by atoms with Gasteiger partial charge in [0, 0.05) is 37.6 Å². The monoisotopic (exact) mass is 372 g/mol. The fourth-order valence-corrected chi connectivity index (χ4v) is 3.85. The summed E-state index contributed by atoms with van der Waals surface area (Å²) in [4.78, 5) is 28.7. The molecule has 2 saturated heterocycles. The van der Waals surface area contributed by atoms with Crippen LogP contribution in [0.15, 0.2) is 22.6 Å². The minimum atomic E-state index is -0.702. The first-order chi connectivity index (χ1) is 13.0. The van der Waals surface area contributed by atoms with Crippen molar-refractivity contribution in [2.45, 2.75) is 19.4 Å². The number of benzene rings is 1. The van der Waals surface area contributed by atoms with E-state index in [0.29, 0.717) is 35.8 Å². The zero-order valence-electron chi connectivity index (χ0n) is 15.4. The zero-order chi connectivity index (χ0) is 19.0. The van der Waals surface area contributed by atoms with E-state index in [1.165, 1.54) is 0 Å². The number of morpholine rings is 1. The molecule has 8 heteroatoms. The lowest BCUT2D eigenvalue weighted by atomic mass is 10.1. The van der Waals surface area contributed by atoms with Crippen molar-refractivity contribution in [3.05, 3.63) is 29.5 Å². The van der Waals surface area contributed by atoms with Gasteiger partial charge in [0.05, 0.1) is 13.2 Å². The number of furan rings is 1. The van der Waals surface area contributed by atoms with Gasteiger partial charge in [-0.1, -0.05) is 6.07 Å². The van der Waals surface area contributed by atoms with Crippen molar-refractivity contribution in [2.24, 2.45) is 5.73 Å². The second kappa shape index (κ2) is 7.21. The van der Waals surface area contributed by atoms with E-state index < -0.39 is 5.91 Å². The lowest BCUT2D eigenvalue weighted by Crippen LogP contribution is -2.45. The SMILES string of the molecule is Cc1ccc2c(NC(=O)N3CC[C@@H](N4CCOCC4)C3)c(C(N)=O)oc2c1. The van der Waals surface area contributed by atoms with E-state index in [0.717, 1.165) is 38.3 Å². The lowest BCUT2D eigenvalue weighted by molar-refractivity contribution is 0.0192. The van der Waals surface area contributed by atoms with Gasteiger partial charge in [0.1, 0.15) is 11.3 Å². The molecular formula is C19H24N4O4. The largest absolute Gasteiger partial charge is 0.449 e. The van der Waals surface area contributed by atoms with Crippen LogP contribution in [0.25, 0.3) is 11.0 Å². The van der Waals surface area contributed by atoms with Gasteiger partial charge < -0.3 is 25.1 Å². The predicted molar refractivity (Wildman–Crippen MR) is 101 cm³/mol. The van der Waals surface area contributed by atoms with Gasteiger partial charge in [0.25, 0.3) is 5.91 Å². The Bertz CT molecular complexity index is 872. The molecule has 2 aromatic rings. The van der Waals surface area contributed by atoms with Crippen LogP contribution in [0.5, 0.6) is 0 Å². The molecule has 3 N–H and O–H groups in total. The molecule has 144 valence electrons. The quantitative estimate of drug-likeness (QED) is 0.855. The number of urea groups is 1. The number of carbonyl (C=O) groups excluding carboxylic acids is 2. The molecule has 3 amide bonds. The smallest absolute Gasteiger partial charge is 0.322 e. The molecule has 4 rings (SSSR count). The third-order valence-corrected chi connectivity index (χ3v) is 5.31. The molecule has 0 radical (unpaired) electrons. The Morgan fingerprint density at radius 2 is 2.00 bits per heavy atom. The summed E-state index contributed by atoms with van der Waals surface area (Å²) >= 11 is 0. The predicted octanol–water partition coefficient (Wildman–Crippen LogP) is 1.78. The Morgan fingerprint density at radius 3 is 2.74 bits per heavy atom. The number of ether oxygens (including phenoxy) is 1. The van der Waals surface area contributed by atoms with Crippen molar-refractivity contribution < 1.29 is 18.7 Å². The highest BCUT2D eigenvalue weighted by Gasteiger charge is 2.32. The van der Waals surface area contributed by atoms with Crippen LogP contribution in [0.1, 0.15) is 22.5 Å². The number of carbonyl (C=O) groups is 2. The van der Waals surface area contributed by atoms with E-state index >= 15 is 0 Å². The highest BCUT2D eigenvalue weighted by molar-refractivity contribution is 6.10. The van der Waals surface area contributed by atoms with Crippen LogP contribution in [0.3, 0.4) is 0 Å². The first kappa shape index (κ1) is 17.8. The Balaban J connectivity index is 1.51. The summed E-state index contributed by atoms with van der Waals surface area (Å²) < 4.78 is 11.0. The van der Waals surface area contributed by atoms with Crippen LogP contribution in [0, 0.1) is 6.92 Å². The zero-order valence-corrected chi connectivity index (χ0v) is 15.4. The fraction of sp³-hybridized carbons (Fsp3) is 0.474. The first-order valence-electron chi connectivity index (χ1n) is 9.23.